The number of nitrogens with one attached hydrogen (secondary N) is 2. The van der Waals surface area contributed by atoms with Gasteiger partial charge in [0.1, 0.15) is 5.65 Å². The number of benzene rings is 1. The average Bonchev–Trinajstić information content (AvgIpc) is 3.06. The van der Waals surface area contributed by atoms with Crippen molar-refractivity contribution >= 4 is 22.7 Å². The van der Waals surface area contributed by atoms with Crippen LogP contribution < -0.4 is 10.6 Å². The molecule has 1 aromatic carbocycles. The summed E-state index contributed by atoms with van der Waals surface area (Å²) in [4.78, 5) is 9.61. The van der Waals surface area contributed by atoms with Gasteiger partial charge in [-0.25, -0.2) is 4.98 Å². The van der Waals surface area contributed by atoms with Gasteiger partial charge in [-0.3, -0.25) is 0 Å². The predicted molar refractivity (Wildman–Crippen MR) is 145 cm³/mol. The molecule has 0 unspecified atom stereocenters. The lowest BCUT2D eigenvalue weighted by atomic mass is 9.93. The van der Waals surface area contributed by atoms with Crippen molar-refractivity contribution in [3.8, 4) is 11.1 Å². The molecular weight excluding hydrogens is 434 g/mol. The fraction of sp³-hybridized carbons (Fsp3) is 0.586. The molecule has 35 heavy (non-hydrogen) atoms. The quantitative estimate of drug-likeness (QED) is 0.243. The van der Waals surface area contributed by atoms with Crippen molar-refractivity contribution < 1.29 is 5.11 Å². The maximum Gasteiger partial charge on any atom is 0.224 e. The van der Waals surface area contributed by atoms with Crippen molar-refractivity contribution in [1.82, 2.24) is 14.5 Å². The molecule has 188 valence electrons. The van der Waals surface area contributed by atoms with E-state index in [4.69, 9.17) is 4.98 Å². The lowest BCUT2D eigenvalue weighted by Crippen LogP contribution is -2.21. The second-order valence-electron chi connectivity index (χ2n) is 10.5. The minimum Gasteiger partial charge on any atom is -0.393 e. The van der Waals surface area contributed by atoms with E-state index in [-0.39, 0.29) is 6.10 Å². The van der Waals surface area contributed by atoms with Crippen LogP contribution in [0.15, 0.2) is 36.7 Å². The SMILES string of the molecule is CCCCNc1ncc2c(-c3ccc(NC4CCCCCC4)cc3)cn([C@H]3CC[C@H](O)CC3)c2n1. The van der Waals surface area contributed by atoms with Gasteiger partial charge >= 0.3 is 0 Å². The number of anilines is 2. The summed E-state index contributed by atoms with van der Waals surface area (Å²) >= 11 is 0. The molecule has 3 N–H and O–H groups in total. The first-order chi connectivity index (χ1) is 17.2. The van der Waals surface area contributed by atoms with E-state index >= 15 is 0 Å². The molecule has 6 nitrogen and oxygen atoms in total. The molecule has 3 aromatic rings. The Labute approximate surface area is 209 Å². The molecule has 6 heteroatoms. The van der Waals surface area contributed by atoms with Gasteiger partial charge in [0.05, 0.1) is 6.10 Å². The number of aromatic nitrogens is 3. The van der Waals surface area contributed by atoms with E-state index in [1.54, 1.807) is 0 Å². The maximum atomic E-state index is 10.0. The first-order valence-corrected chi connectivity index (χ1v) is 13.9. The first kappa shape index (κ1) is 24.1. The normalized spacial score (nSPS) is 21.7. The van der Waals surface area contributed by atoms with Gasteiger partial charge in [0, 0.05) is 47.7 Å². The Morgan fingerprint density at radius 2 is 1.71 bits per heavy atom. The van der Waals surface area contributed by atoms with Crippen LogP contribution in [0.4, 0.5) is 11.6 Å². The van der Waals surface area contributed by atoms with Gasteiger partial charge in [-0.05, 0) is 62.6 Å². The lowest BCUT2D eigenvalue weighted by Gasteiger charge is -2.27. The van der Waals surface area contributed by atoms with E-state index < -0.39 is 0 Å². The van der Waals surface area contributed by atoms with E-state index in [0.717, 1.165) is 56.1 Å². The van der Waals surface area contributed by atoms with Gasteiger partial charge in [-0.15, -0.1) is 0 Å². The Hall–Kier alpha value is -2.60. The number of unbranched alkanes of at least 4 members (excludes halogenated alkanes) is 1. The van der Waals surface area contributed by atoms with Crippen LogP contribution in [0.3, 0.4) is 0 Å². The Balaban J connectivity index is 1.42. The molecule has 0 bridgehead atoms. The summed E-state index contributed by atoms with van der Waals surface area (Å²) in [5.74, 6) is 0.704. The molecular formula is C29H41N5O. The lowest BCUT2D eigenvalue weighted by molar-refractivity contribution is 0.111. The van der Waals surface area contributed by atoms with Crippen LogP contribution in [0.5, 0.6) is 0 Å². The van der Waals surface area contributed by atoms with E-state index in [0.29, 0.717) is 18.0 Å². The van der Waals surface area contributed by atoms with Crippen LogP contribution >= 0.6 is 0 Å². The highest BCUT2D eigenvalue weighted by molar-refractivity contribution is 5.94. The van der Waals surface area contributed by atoms with E-state index in [1.165, 1.54) is 55.3 Å². The van der Waals surface area contributed by atoms with Crippen LogP contribution in [-0.4, -0.2) is 38.3 Å². The zero-order valence-corrected chi connectivity index (χ0v) is 21.2. The molecule has 0 radical (unpaired) electrons. The molecule has 2 aliphatic rings. The smallest absolute Gasteiger partial charge is 0.224 e. The highest BCUT2D eigenvalue weighted by Gasteiger charge is 2.24. The van der Waals surface area contributed by atoms with Crippen molar-refractivity contribution in [3.63, 3.8) is 0 Å². The molecule has 0 amide bonds. The molecule has 2 saturated carbocycles. The Kier molecular flexibility index (Phi) is 7.87. The van der Waals surface area contributed by atoms with E-state index in [1.807, 2.05) is 6.20 Å². The van der Waals surface area contributed by atoms with Gasteiger partial charge in [-0.1, -0.05) is 51.2 Å². The third kappa shape index (κ3) is 5.80. The third-order valence-corrected chi connectivity index (χ3v) is 7.87. The standard InChI is InChI=1S/C29H41N5O/c1-2-3-18-30-29-31-19-26-27(20-34(28(26)33-29)24-14-16-25(35)17-15-24)21-10-12-23(13-11-21)32-22-8-6-4-5-7-9-22/h10-13,19-20,22,24-25,32,35H,2-9,14-18H2,1H3,(H,30,31,33)/t24-,25-. The van der Waals surface area contributed by atoms with E-state index in [2.05, 4.69) is 57.6 Å². The number of aliphatic hydroxyl groups is 1. The van der Waals surface area contributed by atoms with Gasteiger partial charge in [0.25, 0.3) is 0 Å². The van der Waals surface area contributed by atoms with Crippen molar-refractivity contribution in [3.05, 3.63) is 36.7 Å². The second kappa shape index (κ2) is 11.4. The van der Waals surface area contributed by atoms with Gasteiger partial charge in [0.2, 0.25) is 5.95 Å². The topological polar surface area (TPSA) is 75.0 Å². The monoisotopic (exact) mass is 475 g/mol. The molecule has 2 heterocycles. The van der Waals surface area contributed by atoms with Gasteiger partial charge < -0.3 is 20.3 Å². The number of nitrogens with zero attached hydrogens (tertiary/aromatic N) is 3. The zero-order chi connectivity index (χ0) is 24.0. The number of hydrogen-bond donors (Lipinski definition) is 3. The molecule has 5 rings (SSSR count). The molecule has 0 atom stereocenters. The number of rotatable bonds is 8. The molecule has 0 saturated heterocycles. The van der Waals surface area contributed by atoms with Crippen LogP contribution in [-0.2, 0) is 0 Å². The highest BCUT2D eigenvalue weighted by Crippen LogP contribution is 2.37. The van der Waals surface area contributed by atoms with E-state index in [9.17, 15) is 5.11 Å². The van der Waals surface area contributed by atoms with Crippen molar-refractivity contribution in [2.45, 2.75) is 102 Å². The summed E-state index contributed by atoms with van der Waals surface area (Å²) in [7, 11) is 0. The van der Waals surface area contributed by atoms with Crippen molar-refractivity contribution in [2.24, 2.45) is 0 Å². The molecule has 2 fully saturated rings. The fourth-order valence-corrected chi connectivity index (χ4v) is 5.74. The minimum absolute atomic E-state index is 0.165. The summed E-state index contributed by atoms with van der Waals surface area (Å²) in [5, 5.41) is 18.3. The first-order valence-electron chi connectivity index (χ1n) is 13.9. The summed E-state index contributed by atoms with van der Waals surface area (Å²) < 4.78 is 2.35. The Bertz CT molecular complexity index is 1080. The van der Waals surface area contributed by atoms with Crippen molar-refractivity contribution in [1.29, 1.82) is 0 Å². The molecule has 0 spiro atoms. The van der Waals surface area contributed by atoms with Gasteiger partial charge in [0.15, 0.2) is 0 Å². The maximum absolute atomic E-state index is 10.0. The summed E-state index contributed by atoms with van der Waals surface area (Å²) in [6.07, 6.45) is 18.0. The number of hydrogen-bond acceptors (Lipinski definition) is 5. The zero-order valence-electron chi connectivity index (χ0n) is 21.2. The highest BCUT2D eigenvalue weighted by atomic mass is 16.3. The largest absolute Gasteiger partial charge is 0.393 e. The third-order valence-electron chi connectivity index (χ3n) is 7.87. The predicted octanol–water partition coefficient (Wildman–Crippen LogP) is 6.92. The molecule has 2 aliphatic carbocycles. The number of fused-ring (bicyclic) bond motifs is 1. The number of aliphatic hydroxyl groups excluding tert-OH is 1. The Morgan fingerprint density at radius 3 is 2.43 bits per heavy atom. The van der Waals surface area contributed by atoms with Crippen LogP contribution in [0.2, 0.25) is 0 Å². The molecule has 2 aromatic heterocycles. The van der Waals surface area contributed by atoms with Crippen LogP contribution in [0, 0.1) is 0 Å². The Morgan fingerprint density at radius 1 is 0.971 bits per heavy atom. The van der Waals surface area contributed by atoms with Crippen LogP contribution in [0.1, 0.15) is 90.0 Å². The minimum atomic E-state index is -0.165. The fourth-order valence-electron chi connectivity index (χ4n) is 5.74. The molecule has 0 aliphatic heterocycles. The van der Waals surface area contributed by atoms with Crippen LogP contribution in [0.25, 0.3) is 22.2 Å². The summed E-state index contributed by atoms with van der Waals surface area (Å²) in [5.41, 5.74) is 4.60. The average molecular weight is 476 g/mol. The van der Waals surface area contributed by atoms with Crippen molar-refractivity contribution in [2.75, 3.05) is 17.2 Å². The summed E-state index contributed by atoms with van der Waals surface area (Å²) in [6, 6.07) is 9.87. The second-order valence-corrected chi connectivity index (χ2v) is 10.5. The van der Waals surface area contributed by atoms with Gasteiger partial charge in [-0.2, -0.15) is 4.98 Å². The summed E-state index contributed by atoms with van der Waals surface area (Å²) in [6.45, 7) is 3.08.